The normalized spacial score (nSPS) is 11.4. The van der Waals surface area contributed by atoms with E-state index < -0.39 is 29.2 Å². The first-order chi connectivity index (χ1) is 10.6. The van der Waals surface area contributed by atoms with Gasteiger partial charge in [0.25, 0.3) is 5.91 Å². The Hall–Kier alpha value is -2.37. The largest absolute Gasteiger partial charge is 0.418 e. The van der Waals surface area contributed by atoms with E-state index in [0.29, 0.717) is 11.1 Å². The summed E-state index contributed by atoms with van der Waals surface area (Å²) in [5.74, 6) is -1.90. The summed E-state index contributed by atoms with van der Waals surface area (Å²) in [7, 11) is 0. The average Bonchev–Trinajstić information content (AvgIpc) is 2.38. The third-order valence-electron chi connectivity index (χ3n) is 3.46. The molecule has 0 bridgehead atoms. The number of nitrogens with one attached hydrogen (secondary N) is 1. The minimum Gasteiger partial charge on any atom is -0.319 e. The van der Waals surface area contributed by atoms with Crippen LogP contribution in [0.4, 0.5) is 23.2 Å². The van der Waals surface area contributed by atoms with Gasteiger partial charge in [-0.1, -0.05) is 23.8 Å². The second-order valence-electron chi connectivity index (χ2n) is 5.39. The molecule has 0 saturated carbocycles. The summed E-state index contributed by atoms with van der Waals surface area (Å²) in [6, 6.07) is 6.05. The molecule has 2 aromatic rings. The summed E-state index contributed by atoms with van der Waals surface area (Å²) in [4.78, 5) is 12.4. The molecule has 2 aromatic carbocycles. The van der Waals surface area contributed by atoms with Crippen LogP contribution in [0.3, 0.4) is 0 Å². The molecule has 23 heavy (non-hydrogen) atoms. The lowest BCUT2D eigenvalue weighted by Gasteiger charge is -2.16. The van der Waals surface area contributed by atoms with Crippen LogP contribution in [0, 0.1) is 26.6 Å². The van der Waals surface area contributed by atoms with E-state index >= 15 is 0 Å². The van der Waals surface area contributed by atoms with Crippen LogP contribution >= 0.6 is 0 Å². The van der Waals surface area contributed by atoms with E-state index in [0.717, 1.165) is 23.8 Å². The molecule has 0 radical (unpaired) electrons. The second kappa shape index (κ2) is 6.02. The van der Waals surface area contributed by atoms with Crippen LogP contribution < -0.4 is 5.32 Å². The van der Waals surface area contributed by atoms with E-state index in [-0.39, 0.29) is 5.56 Å². The minimum atomic E-state index is -4.76. The van der Waals surface area contributed by atoms with Crippen molar-refractivity contribution in [3.05, 3.63) is 64.0 Å². The van der Waals surface area contributed by atoms with Crippen molar-refractivity contribution in [3.8, 4) is 0 Å². The molecule has 1 amide bonds. The highest BCUT2D eigenvalue weighted by Crippen LogP contribution is 2.36. The van der Waals surface area contributed by atoms with Crippen molar-refractivity contribution in [2.45, 2.75) is 26.9 Å². The lowest BCUT2D eigenvalue weighted by atomic mass is 9.99. The first-order valence-corrected chi connectivity index (χ1v) is 6.86. The van der Waals surface area contributed by atoms with E-state index in [2.05, 4.69) is 5.32 Å². The van der Waals surface area contributed by atoms with Crippen molar-refractivity contribution in [1.82, 2.24) is 0 Å². The topological polar surface area (TPSA) is 29.1 Å². The number of anilines is 1. The van der Waals surface area contributed by atoms with Gasteiger partial charge in [-0.05, 0) is 44.0 Å². The van der Waals surface area contributed by atoms with Crippen molar-refractivity contribution in [2.24, 2.45) is 0 Å². The molecule has 2 nitrogen and oxygen atoms in total. The smallest absolute Gasteiger partial charge is 0.319 e. The fraction of sp³-hybridized carbons (Fsp3) is 0.235. The molecule has 1 N–H and O–H groups in total. The van der Waals surface area contributed by atoms with Gasteiger partial charge in [0.15, 0.2) is 0 Å². The summed E-state index contributed by atoms with van der Waals surface area (Å²) in [5, 5.41) is 2.07. The SMILES string of the molecule is Cc1cc(C)c(C(=O)Nc2c(F)cccc2C(F)(F)F)c(C)c1. The summed E-state index contributed by atoms with van der Waals surface area (Å²) in [6.45, 7) is 5.21. The van der Waals surface area contributed by atoms with Crippen LogP contribution in [-0.4, -0.2) is 5.91 Å². The first kappa shape index (κ1) is 17.0. The molecule has 0 saturated heterocycles. The maximum atomic E-state index is 13.8. The maximum absolute atomic E-state index is 13.8. The average molecular weight is 325 g/mol. The van der Waals surface area contributed by atoms with Crippen molar-refractivity contribution in [3.63, 3.8) is 0 Å². The molecule has 0 aromatic heterocycles. The standard InChI is InChI=1S/C17H15F4NO/c1-9-7-10(2)14(11(3)8-9)16(23)22-15-12(17(19,20)21)5-4-6-13(15)18/h4-8H,1-3H3,(H,22,23). The fourth-order valence-electron chi connectivity index (χ4n) is 2.60. The van der Waals surface area contributed by atoms with Gasteiger partial charge in [0.05, 0.1) is 11.3 Å². The van der Waals surface area contributed by atoms with Crippen molar-refractivity contribution in [2.75, 3.05) is 5.32 Å². The number of alkyl halides is 3. The Morgan fingerprint density at radius 2 is 1.61 bits per heavy atom. The van der Waals surface area contributed by atoms with Gasteiger partial charge < -0.3 is 5.32 Å². The van der Waals surface area contributed by atoms with E-state index in [4.69, 9.17) is 0 Å². The fourth-order valence-corrected chi connectivity index (χ4v) is 2.60. The molecule has 0 aliphatic rings. The number of amides is 1. The lowest BCUT2D eigenvalue weighted by Crippen LogP contribution is -2.19. The summed E-state index contributed by atoms with van der Waals surface area (Å²) in [6.07, 6.45) is -4.76. The van der Waals surface area contributed by atoms with Crippen LogP contribution in [0.2, 0.25) is 0 Å². The Labute approximate surface area is 131 Å². The number of rotatable bonds is 2. The van der Waals surface area contributed by atoms with Crippen molar-refractivity contribution < 1.29 is 22.4 Å². The Balaban J connectivity index is 2.47. The van der Waals surface area contributed by atoms with Crippen LogP contribution in [-0.2, 0) is 6.18 Å². The number of hydrogen-bond donors (Lipinski definition) is 1. The lowest BCUT2D eigenvalue weighted by molar-refractivity contribution is -0.137. The summed E-state index contributed by atoms with van der Waals surface area (Å²) >= 11 is 0. The number of carbonyl (C=O) groups excluding carboxylic acids is 1. The molecule has 0 atom stereocenters. The minimum absolute atomic E-state index is 0.243. The van der Waals surface area contributed by atoms with Gasteiger partial charge in [-0.3, -0.25) is 4.79 Å². The highest BCUT2D eigenvalue weighted by molar-refractivity contribution is 6.06. The van der Waals surface area contributed by atoms with E-state index in [1.807, 2.05) is 6.92 Å². The van der Waals surface area contributed by atoms with Crippen LogP contribution in [0.25, 0.3) is 0 Å². The molecule has 0 aliphatic carbocycles. The van der Waals surface area contributed by atoms with Gasteiger partial charge in [0.2, 0.25) is 0 Å². The number of carbonyl (C=O) groups is 1. The van der Waals surface area contributed by atoms with Crippen LogP contribution in [0.15, 0.2) is 30.3 Å². The van der Waals surface area contributed by atoms with E-state index in [1.165, 1.54) is 0 Å². The van der Waals surface area contributed by atoms with Gasteiger partial charge >= 0.3 is 6.18 Å². The quantitative estimate of drug-likeness (QED) is 0.772. The Morgan fingerprint density at radius 3 is 2.13 bits per heavy atom. The van der Waals surface area contributed by atoms with E-state index in [9.17, 15) is 22.4 Å². The molecule has 0 heterocycles. The van der Waals surface area contributed by atoms with Crippen LogP contribution in [0.1, 0.15) is 32.6 Å². The maximum Gasteiger partial charge on any atom is 0.418 e. The Kier molecular flexibility index (Phi) is 4.45. The third kappa shape index (κ3) is 3.52. The highest BCUT2D eigenvalue weighted by Gasteiger charge is 2.35. The number of para-hydroxylation sites is 1. The monoisotopic (exact) mass is 325 g/mol. The number of halogens is 4. The molecule has 2 rings (SSSR count). The zero-order chi connectivity index (χ0) is 17.4. The zero-order valence-corrected chi connectivity index (χ0v) is 12.8. The molecular formula is C17H15F4NO. The second-order valence-corrected chi connectivity index (χ2v) is 5.39. The van der Waals surface area contributed by atoms with Gasteiger partial charge in [-0.25, -0.2) is 4.39 Å². The number of hydrogen-bond acceptors (Lipinski definition) is 1. The highest BCUT2D eigenvalue weighted by atomic mass is 19.4. The predicted octanol–water partition coefficient (Wildman–Crippen LogP) is 5.02. The zero-order valence-electron chi connectivity index (χ0n) is 12.8. The summed E-state index contributed by atoms with van der Waals surface area (Å²) < 4.78 is 52.7. The number of benzene rings is 2. The Bertz CT molecular complexity index is 743. The Morgan fingerprint density at radius 1 is 1.04 bits per heavy atom. The van der Waals surface area contributed by atoms with Gasteiger partial charge in [0.1, 0.15) is 5.82 Å². The molecule has 6 heteroatoms. The molecule has 0 spiro atoms. The van der Waals surface area contributed by atoms with Gasteiger partial charge in [-0.15, -0.1) is 0 Å². The van der Waals surface area contributed by atoms with Gasteiger partial charge in [0, 0.05) is 5.56 Å². The third-order valence-corrected chi connectivity index (χ3v) is 3.46. The van der Waals surface area contributed by atoms with E-state index in [1.54, 1.807) is 26.0 Å². The molecule has 122 valence electrons. The van der Waals surface area contributed by atoms with Crippen LogP contribution in [0.5, 0.6) is 0 Å². The number of aryl methyl sites for hydroxylation is 3. The predicted molar refractivity (Wildman–Crippen MR) is 80.0 cm³/mol. The van der Waals surface area contributed by atoms with Crippen molar-refractivity contribution in [1.29, 1.82) is 0 Å². The van der Waals surface area contributed by atoms with Gasteiger partial charge in [-0.2, -0.15) is 13.2 Å². The molecule has 0 aliphatic heterocycles. The molecule has 0 fully saturated rings. The summed E-state index contributed by atoms with van der Waals surface area (Å²) in [5.41, 5.74) is 0.331. The molecular weight excluding hydrogens is 310 g/mol. The first-order valence-electron chi connectivity index (χ1n) is 6.86. The van der Waals surface area contributed by atoms with Crippen molar-refractivity contribution >= 4 is 11.6 Å². The molecule has 0 unspecified atom stereocenters.